The van der Waals surface area contributed by atoms with Gasteiger partial charge in [0.2, 0.25) is 5.89 Å². The molecule has 0 aliphatic rings. The van der Waals surface area contributed by atoms with E-state index in [-0.39, 0.29) is 11.0 Å². The van der Waals surface area contributed by atoms with Crippen LogP contribution in [0, 0.1) is 0 Å². The number of fused-ring (bicyclic) bond motifs is 2. The summed E-state index contributed by atoms with van der Waals surface area (Å²) in [5.74, 6) is 0.194. The fourth-order valence-electron chi connectivity index (χ4n) is 3.56. The van der Waals surface area contributed by atoms with E-state index >= 15 is 0 Å². The van der Waals surface area contributed by atoms with Crippen LogP contribution in [0.4, 0.5) is 5.69 Å². The molecule has 1 amide bonds. The predicted octanol–water partition coefficient (Wildman–Crippen LogP) is 7.19. The molecule has 5 rings (SSSR count). The Morgan fingerprint density at radius 1 is 0.970 bits per heavy atom. The van der Waals surface area contributed by atoms with Gasteiger partial charge in [-0.2, -0.15) is 0 Å². The number of hydrogen-bond donors (Lipinski definition) is 2. The van der Waals surface area contributed by atoms with E-state index in [4.69, 9.17) is 28.2 Å². The molecule has 162 valence electrons. The fraction of sp³-hybridized carbons (Fsp3) is 0. The number of halogens is 2. The summed E-state index contributed by atoms with van der Waals surface area (Å²) in [6.07, 6.45) is 0. The van der Waals surface area contributed by atoms with Crippen molar-refractivity contribution < 1.29 is 9.21 Å². The average molecular weight is 537 g/mol. The Hall–Kier alpha value is -3.26. The second-order valence-electron chi connectivity index (χ2n) is 7.23. The summed E-state index contributed by atoms with van der Waals surface area (Å²) in [4.78, 5) is 17.4. The van der Waals surface area contributed by atoms with Crippen LogP contribution in [-0.2, 0) is 0 Å². The quantitative estimate of drug-likeness (QED) is 0.239. The molecule has 33 heavy (non-hydrogen) atoms. The molecule has 1 aromatic heterocycles. The molecule has 8 heteroatoms. The number of aromatic nitrogens is 1. The van der Waals surface area contributed by atoms with Gasteiger partial charge in [0.25, 0.3) is 5.91 Å². The Morgan fingerprint density at radius 3 is 2.61 bits per heavy atom. The van der Waals surface area contributed by atoms with Gasteiger partial charge in [0.1, 0.15) is 5.52 Å². The number of thiocarbonyl (C=S) groups is 1. The molecule has 2 N–H and O–H groups in total. The third-order valence-corrected chi connectivity index (χ3v) is 6.32. The molecular formula is C25H15BrClN3O2S. The third-order valence-electron chi connectivity index (χ3n) is 5.09. The smallest absolute Gasteiger partial charge is 0.258 e. The zero-order valence-electron chi connectivity index (χ0n) is 16.9. The maximum absolute atomic E-state index is 12.9. The number of carbonyl (C=O) groups excluding carboxylic acids is 1. The van der Waals surface area contributed by atoms with Gasteiger partial charge in [-0.25, -0.2) is 4.98 Å². The Kier molecular flexibility index (Phi) is 5.85. The van der Waals surface area contributed by atoms with Crippen molar-refractivity contribution in [3.8, 4) is 11.5 Å². The molecule has 0 radical (unpaired) electrons. The van der Waals surface area contributed by atoms with Crippen molar-refractivity contribution in [3.05, 3.63) is 93.9 Å². The second-order valence-corrected chi connectivity index (χ2v) is 8.90. The summed E-state index contributed by atoms with van der Waals surface area (Å²) >= 11 is 15.1. The molecular weight excluding hydrogens is 522 g/mol. The van der Waals surface area contributed by atoms with Crippen molar-refractivity contribution in [2.75, 3.05) is 5.32 Å². The lowest BCUT2D eigenvalue weighted by atomic mass is 10.0. The van der Waals surface area contributed by atoms with Gasteiger partial charge in [0, 0.05) is 26.1 Å². The number of carbonyl (C=O) groups is 1. The maximum atomic E-state index is 12.9. The first-order chi connectivity index (χ1) is 16.0. The highest BCUT2D eigenvalue weighted by Gasteiger charge is 2.14. The zero-order valence-corrected chi connectivity index (χ0v) is 20.1. The number of amides is 1. The Labute approximate surface area is 207 Å². The molecule has 5 aromatic rings. The van der Waals surface area contributed by atoms with E-state index in [0.717, 1.165) is 20.8 Å². The summed E-state index contributed by atoms with van der Waals surface area (Å²) in [5.41, 5.74) is 3.35. The Balaban J connectivity index is 1.35. The molecule has 0 aliphatic heterocycles. The van der Waals surface area contributed by atoms with E-state index in [1.807, 2.05) is 60.7 Å². The largest absolute Gasteiger partial charge is 0.436 e. The Bertz CT molecular complexity index is 1550. The monoisotopic (exact) mass is 535 g/mol. The van der Waals surface area contributed by atoms with E-state index < -0.39 is 0 Å². The first-order valence-corrected chi connectivity index (χ1v) is 11.5. The standard InChI is InChI=1S/C25H15BrClN3O2S/c26-19-9-2-1-5-18(19)24-29-21-13-14(11-12-22(21)32-24)28-25(33)30-23(31)17-8-3-7-16-15(17)6-4-10-20(16)27/h1-13H,(H2,28,30,31,33). The van der Waals surface area contributed by atoms with Gasteiger partial charge in [0.05, 0.1) is 5.56 Å². The normalized spacial score (nSPS) is 11.0. The zero-order chi connectivity index (χ0) is 22.9. The fourth-order valence-corrected chi connectivity index (χ4v) is 4.46. The van der Waals surface area contributed by atoms with Crippen LogP contribution in [0.5, 0.6) is 0 Å². The van der Waals surface area contributed by atoms with Crippen molar-refractivity contribution in [1.82, 2.24) is 10.3 Å². The minimum Gasteiger partial charge on any atom is -0.436 e. The minimum absolute atomic E-state index is 0.174. The lowest BCUT2D eigenvalue weighted by molar-refractivity contribution is 0.0979. The number of nitrogens with one attached hydrogen (secondary N) is 2. The molecule has 0 bridgehead atoms. The van der Waals surface area contributed by atoms with Gasteiger partial charge in [-0.15, -0.1) is 0 Å². The van der Waals surface area contributed by atoms with Crippen LogP contribution in [0.15, 0.2) is 87.8 Å². The minimum atomic E-state index is -0.320. The molecule has 0 aliphatic carbocycles. The summed E-state index contributed by atoms with van der Waals surface area (Å²) in [5, 5.41) is 8.10. The highest BCUT2D eigenvalue weighted by molar-refractivity contribution is 9.10. The number of nitrogens with zero attached hydrogens (tertiary/aromatic N) is 1. The molecule has 0 saturated heterocycles. The molecule has 4 aromatic carbocycles. The molecule has 0 fully saturated rings. The number of benzene rings is 4. The van der Waals surface area contributed by atoms with Crippen molar-refractivity contribution in [2.45, 2.75) is 0 Å². The molecule has 0 unspecified atom stereocenters. The maximum Gasteiger partial charge on any atom is 0.258 e. The number of hydrogen-bond acceptors (Lipinski definition) is 4. The van der Waals surface area contributed by atoms with Gasteiger partial charge in [-0.1, -0.05) is 48.0 Å². The van der Waals surface area contributed by atoms with Crippen molar-refractivity contribution >= 4 is 78.3 Å². The SMILES string of the molecule is O=C(NC(=S)Nc1ccc2oc(-c3ccccc3Br)nc2c1)c1cccc2c(Cl)cccc12. The topological polar surface area (TPSA) is 67.2 Å². The molecule has 0 atom stereocenters. The lowest BCUT2D eigenvalue weighted by Gasteiger charge is -2.11. The molecule has 5 nitrogen and oxygen atoms in total. The van der Waals surface area contributed by atoms with Crippen LogP contribution in [0.2, 0.25) is 5.02 Å². The molecule has 0 spiro atoms. The van der Waals surface area contributed by atoms with Crippen molar-refractivity contribution in [3.63, 3.8) is 0 Å². The van der Waals surface area contributed by atoms with Crippen LogP contribution < -0.4 is 10.6 Å². The highest BCUT2D eigenvalue weighted by atomic mass is 79.9. The van der Waals surface area contributed by atoms with Gasteiger partial charge in [-0.05, 0) is 76.0 Å². The summed E-state index contributed by atoms with van der Waals surface area (Å²) < 4.78 is 6.78. The summed E-state index contributed by atoms with van der Waals surface area (Å²) in [6, 6.07) is 24.0. The molecule has 0 saturated carbocycles. The summed E-state index contributed by atoms with van der Waals surface area (Å²) in [7, 11) is 0. The van der Waals surface area contributed by atoms with Crippen LogP contribution in [0.3, 0.4) is 0 Å². The van der Waals surface area contributed by atoms with E-state index in [1.54, 1.807) is 18.2 Å². The van der Waals surface area contributed by atoms with Gasteiger partial charge >= 0.3 is 0 Å². The van der Waals surface area contributed by atoms with Gasteiger partial charge in [0.15, 0.2) is 10.7 Å². The number of oxazole rings is 1. The summed E-state index contributed by atoms with van der Waals surface area (Å²) in [6.45, 7) is 0. The van der Waals surface area contributed by atoms with E-state index in [0.29, 0.717) is 33.3 Å². The first kappa shape index (κ1) is 21.6. The average Bonchev–Trinajstić information content (AvgIpc) is 3.22. The Morgan fingerprint density at radius 2 is 1.76 bits per heavy atom. The van der Waals surface area contributed by atoms with Crippen LogP contribution in [0.1, 0.15) is 10.4 Å². The van der Waals surface area contributed by atoms with Crippen LogP contribution in [0.25, 0.3) is 33.3 Å². The van der Waals surface area contributed by atoms with Gasteiger partial charge in [-0.3, -0.25) is 10.1 Å². The first-order valence-electron chi connectivity index (χ1n) is 9.95. The van der Waals surface area contributed by atoms with Crippen LogP contribution >= 0.6 is 39.7 Å². The molecule has 1 heterocycles. The van der Waals surface area contributed by atoms with E-state index in [9.17, 15) is 4.79 Å². The van der Waals surface area contributed by atoms with E-state index in [1.165, 1.54) is 0 Å². The van der Waals surface area contributed by atoms with Crippen molar-refractivity contribution in [1.29, 1.82) is 0 Å². The number of rotatable bonds is 3. The van der Waals surface area contributed by atoms with Gasteiger partial charge < -0.3 is 9.73 Å². The van der Waals surface area contributed by atoms with E-state index in [2.05, 4.69) is 31.5 Å². The predicted molar refractivity (Wildman–Crippen MR) is 140 cm³/mol. The highest BCUT2D eigenvalue weighted by Crippen LogP contribution is 2.31. The van der Waals surface area contributed by atoms with Crippen molar-refractivity contribution in [2.24, 2.45) is 0 Å². The third kappa shape index (κ3) is 4.35. The second kappa shape index (κ2) is 8.94. The lowest BCUT2D eigenvalue weighted by Crippen LogP contribution is -2.34. The van der Waals surface area contributed by atoms with Crippen LogP contribution in [-0.4, -0.2) is 16.0 Å². The number of anilines is 1.